The summed E-state index contributed by atoms with van der Waals surface area (Å²) < 4.78 is 10.8. The van der Waals surface area contributed by atoms with Gasteiger partial charge < -0.3 is 19.5 Å². The second-order valence-corrected chi connectivity index (χ2v) is 9.35. The summed E-state index contributed by atoms with van der Waals surface area (Å²) >= 11 is 0. The molecule has 1 fully saturated rings. The third-order valence-electron chi connectivity index (χ3n) is 6.93. The van der Waals surface area contributed by atoms with Crippen molar-refractivity contribution in [2.24, 2.45) is 0 Å². The quantitative estimate of drug-likeness (QED) is 0.233. The first kappa shape index (κ1) is 26.8. The number of amides is 1. The normalized spacial score (nSPS) is 16.6. The Kier molecular flexibility index (Phi) is 7.76. The number of ketones is 1. The van der Waals surface area contributed by atoms with Crippen molar-refractivity contribution in [1.82, 2.24) is 0 Å². The van der Waals surface area contributed by atoms with E-state index in [1.807, 2.05) is 56.3 Å². The van der Waals surface area contributed by atoms with E-state index in [-0.39, 0.29) is 16.9 Å². The Morgan fingerprint density at radius 2 is 1.53 bits per heavy atom. The SMILES string of the molecule is CCN(CC)c1ccc(C2/C(=C(\O)c3cc(OC)ccc3OC)C(=O)C(=O)N2c2cc(C)cc(C)c2)cc1. The Hall–Kier alpha value is -4.26. The predicted octanol–water partition coefficient (Wildman–Crippen LogP) is 5.79. The number of benzene rings is 3. The minimum absolute atomic E-state index is 0.00342. The van der Waals surface area contributed by atoms with Gasteiger partial charge in [0.2, 0.25) is 0 Å². The van der Waals surface area contributed by atoms with E-state index in [0.717, 1.165) is 29.9 Å². The van der Waals surface area contributed by atoms with Gasteiger partial charge in [0.25, 0.3) is 11.7 Å². The summed E-state index contributed by atoms with van der Waals surface area (Å²) in [7, 11) is 3.00. The van der Waals surface area contributed by atoms with Crippen LogP contribution >= 0.6 is 0 Å². The second-order valence-electron chi connectivity index (χ2n) is 9.35. The number of ether oxygens (including phenoxy) is 2. The second kappa shape index (κ2) is 11.0. The van der Waals surface area contributed by atoms with Crippen molar-refractivity contribution in [1.29, 1.82) is 0 Å². The number of methoxy groups -OCH3 is 2. The molecule has 38 heavy (non-hydrogen) atoms. The van der Waals surface area contributed by atoms with Crippen LogP contribution in [0.15, 0.2) is 66.2 Å². The Morgan fingerprint density at radius 3 is 2.08 bits per heavy atom. The van der Waals surface area contributed by atoms with Gasteiger partial charge in [0.05, 0.1) is 31.4 Å². The summed E-state index contributed by atoms with van der Waals surface area (Å²) in [6, 6.07) is 17.7. The van der Waals surface area contributed by atoms with Crippen molar-refractivity contribution >= 4 is 28.8 Å². The van der Waals surface area contributed by atoms with Crippen LogP contribution in [-0.2, 0) is 9.59 Å². The van der Waals surface area contributed by atoms with Crippen molar-refractivity contribution in [2.75, 3.05) is 37.1 Å². The first-order chi connectivity index (χ1) is 18.2. The zero-order chi connectivity index (χ0) is 27.6. The summed E-state index contributed by atoms with van der Waals surface area (Å²) in [6.07, 6.45) is 0. The molecule has 7 nitrogen and oxygen atoms in total. The number of carbonyl (C=O) groups is 2. The Morgan fingerprint density at radius 1 is 0.895 bits per heavy atom. The first-order valence-electron chi connectivity index (χ1n) is 12.7. The molecule has 198 valence electrons. The highest BCUT2D eigenvalue weighted by atomic mass is 16.5. The molecule has 1 aliphatic heterocycles. The summed E-state index contributed by atoms with van der Waals surface area (Å²) in [5.41, 5.74) is 4.55. The molecule has 3 aromatic carbocycles. The minimum atomic E-state index is -0.835. The number of Topliss-reactive ketones (excluding diaryl/α,β-unsaturated/α-hetero) is 1. The van der Waals surface area contributed by atoms with Gasteiger partial charge in [0, 0.05) is 24.5 Å². The van der Waals surface area contributed by atoms with Crippen molar-refractivity contribution in [3.05, 3.63) is 88.5 Å². The molecule has 0 saturated carbocycles. The monoisotopic (exact) mass is 514 g/mol. The van der Waals surface area contributed by atoms with Gasteiger partial charge in [-0.15, -0.1) is 0 Å². The maximum atomic E-state index is 13.6. The van der Waals surface area contributed by atoms with Crippen molar-refractivity contribution in [3.63, 3.8) is 0 Å². The summed E-state index contributed by atoms with van der Waals surface area (Å²) in [5, 5.41) is 11.6. The Bertz CT molecular complexity index is 1370. The molecule has 3 aromatic rings. The predicted molar refractivity (Wildman–Crippen MR) is 150 cm³/mol. The molecular weight excluding hydrogens is 480 g/mol. The highest BCUT2D eigenvalue weighted by Crippen LogP contribution is 2.44. The third kappa shape index (κ3) is 4.84. The van der Waals surface area contributed by atoms with Crippen LogP contribution in [0.1, 0.15) is 42.1 Å². The molecule has 4 rings (SSSR count). The lowest BCUT2D eigenvalue weighted by atomic mass is 9.94. The van der Waals surface area contributed by atoms with E-state index in [0.29, 0.717) is 22.7 Å². The number of nitrogens with zero attached hydrogens (tertiary/aromatic N) is 2. The molecule has 0 radical (unpaired) electrons. The fraction of sp³-hybridized carbons (Fsp3) is 0.290. The molecule has 1 amide bonds. The molecule has 1 saturated heterocycles. The van der Waals surface area contributed by atoms with E-state index in [1.54, 1.807) is 18.2 Å². The third-order valence-corrected chi connectivity index (χ3v) is 6.93. The van der Waals surface area contributed by atoms with Gasteiger partial charge in [-0.05, 0) is 86.8 Å². The molecular formula is C31H34N2O5. The van der Waals surface area contributed by atoms with Crippen molar-refractivity contribution in [2.45, 2.75) is 33.7 Å². The zero-order valence-corrected chi connectivity index (χ0v) is 22.7. The van der Waals surface area contributed by atoms with E-state index in [2.05, 4.69) is 18.7 Å². The number of rotatable bonds is 8. The number of hydrogen-bond acceptors (Lipinski definition) is 6. The number of hydrogen-bond donors (Lipinski definition) is 1. The van der Waals surface area contributed by atoms with Crippen LogP contribution < -0.4 is 19.3 Å². The summed E-state index contributed by atoms with van der Waals surface area (Å²) in [5.74, 6) is -0.933. The molecule has 1 aliphatic rings. The van der Waals surface area contributed by atoms with Crippen LogP contribution in [0, 0.1) is 13.8 Å². The standard InChI is InChI=1S/C31H34N2O5/c1-7-32(8-2)22-11-9-21(10-12-22)28-27(29(34)25-18-24(37-5)13-14-26(25)38-6)30(35)31(36)33(28)23-16-19(3)15-20(4)17-23/h9-18,28,34H,7-8H2,1-6H3/b29-27+. The molecule has 1 atom stereocenters. The fourth-order valence-electron chi connectivity index (χ4n) is 5.10. The molecule has 0 aliphatic carbocycles. The molecule has 1 unspecified atom stereocenters. The van der Waals surface area contributed by atoms with Gasteiger partial charge in [-0.1, -0.05) is 18.2 Å². The number of aliphatic hydroxyl groups is 1. The molecule has 0 spiro atoms. The molecule has 7 heteroatoms. The largest absolute Gasteiger partial charge is 0.507 e. The van der Waals surface area contributed by atoms with Crippen LogP contribution in [0.2, 0.25) is 0 Å². The van der Waals surface area contributed by atoms with E-state index in [9.17, 15) is 14.7 Å². The number of anilines is 2. The zero-order valence-electron chi connectivity index (χ0n) is 22.7. The maximum Gasteiger partial charge on any atom is 0.300 e. The van der Waals surface area contributed by atoms with Gasteiger partial charge in [-0.25, -0.2) is 0 Å². The Labute approximate surface area is 223 Å². The van der Waals surface area contributed by atoms with E-state index in [1.165, 1.54) is 19.1 Å². The number of carbonyl (C=O) groups excluding carboxylic acids is 2. The van der Waals surface area contributed by atoms with Gasteiger partial charge in [0.1, 0.15) is 17.3 Å². The van der Waals surface area contributed by atoms with Crippen LogP contribution in [0.5, 0.6) is 11.5 Å². The van der Waals surface area contributed by atoms with E-state index in [4.69, 9.17) is 9.47 Å². The minimum Gasteiger partial charge on any atom is -0.507 e. The number of aryl methyl sites for hydroxylation is 2. The smallest absolute Gasteiger partial charge is 0.300 e. The topological polar surface area (TPSA) is 79.3 Å². The number of aliphatic hydroxyl groups excluding tert-OH is 1. The molecule has 0 bridgehead atoms. The van der Waals surface area contributed by atoms with Crippen molar-refractivity contribution in [3.8, 4) is 11.5 Å². The molecule has 1 heterocycles. The van der Waals surface area contributed by atoms with E-state index < -0.39 is 17.7 Å². The maximum absolute atomic E-state index is 13.6. The Balaban J connectivity index is 1.97. The van der Waals surface area contributed by atoms with Crippen molar-refractivity contribution < 1.29 is 24.2 Å². The van der Waals surface area contributed by atoms with Crippen LogP contribution in [-0.4, -0.2) is 44.1 Å². The van der Waals surface area contributed by atoms with Gasteiger partial charge in [-0.3, -0.25) is 14.5 Å². The molecule has 1 N–H and O–H groups in total. The van der Waals surface area contributed by atoms with E-state index >= 15 is 0 Å². The van der Waals surface area contributed by atoms with Crippen LogP contribution in [0.25, 0.3) is 5.76 Å². The van der Waals surface area contributed by atoms with Crippen LogP contribution in [0.4, 0.5) is 11.4 Å². The highest BCUT2D eigenvalue weighted by molar-refractivity contribution is 6.51. The molecule has 0 aromatic heterocycles. The van der Waals surface area contributed by atoms with Gasteiger partial charge in [-0.2, -0.15) is 0 Å². The first-order valence-corrected chi connectivity index (χ1v) is 12.7. The lowest BCUT2D eigenvalue weighted by molar-refractivity contribution is -0.132. The van der Waals surface area contributed by atoms with Gasteiger partial charge in [0.15, 0.2) is 0 Å². The lowest BCUT2D eigenvalue weighted by Gasteiger charge is -2.27. The highest BCUT2D eigenvalue weighted by Gasteiger charge is 2.47. The summed E-state index contributed by atoms with van der Waals surface area (Å²) in [4.78, 5) is 30.9. The fourth-order valence-corrected chi connectivity index (χ4v) is 5.10. The lowest BCUT2D eigenvalue weighted by Crippen LogP contribution is -2.29. The average Bonchev–Trinajstić information content (AvgIpc) is 3.18. The van der Waals surface area contributed by atoms with Gasteiger partial charge >= 0.3 is 0 Å². The summed E-state index contributed by atoms with van der Waals surface area (Å²) in [6.45, 7) is 9.78. The van der Waals surface area contributed by atoms with Crippen LogP contribution in [0.3, 0.4) is 0 Å². The average molecular weight is 515 g/mol.